The molecule has 0 unspecified atom stereocenters. The molecule has 1 amide bonds. The summed E-state index contributed by atoms with van der Waals surface area (Å²) in [4.78, 5) is 19.0. The van der Waals surface area contributed by atoms with Gasteiger partial charge in [-0.3, -0.25) is 4.79 Å². The van der Waals surface area contributed by atoms with E-state index in [1.165, 1.54) is 28.0 Å². The molecule has 0 bridgehead atoms. The zero-order chi connectivity index (χ0) is 15.7. The molecule has 0 aliphatic heterocycles. The number of hydrogen-bond acceptors (Lipinski definition) is 4. The average Bonchev–Trinajstić information content (AvgIpc) is 3.24. The number of aromatic nitrogens is 1. The molecule has 1 aromatic carbocycles. The predicted molar refractivity (Wildman–Crippen MR) is 88.8 cm³/mol. The van der Waals surface area contributed by atoms with Crippen LogP contribution in [-0.2, 0) is 13.1 Å². The smallest absolute Gasteiger partial charge is 0.273 e. The van der Waals surface area contributed by atoms with Crippen LogP contribution >= 0.6 is 11.3 Å². The lowest BCUT2D eigenvalue weighted by molar-refractivity contribution is 0.0724. The van der Waals surface area contributed by atoms with E-state index in [1.807, 2.05) is 10.3 Å². The summed E-state index contributed by atoms with van der Waals surface area (Å²) in [5.41, 5.74) is 9.84. The van der Waals surface area contributed by atoms with Gasteiger partial charge in [0.2, 0.25) is 0 Å². The van der Waals surface area contributed by atoms with Gasteiger partial charge in [0, 0.05) is 24.5 Å². The van der Waals surface area contributed by atoms with Crippen molar-refractivity contribution in [2.75, 3.05) is 0 Å². The van der Waals surface area contributed by atoms with Gasteiger partial charge < -0.3 is 10.6 Å². The van der Waals surface area contributed by atoms with Crippen LogP contribution in [0.15, 0.2) is 23.6 Å². The van der Waals surface area contributed by atoms with Gasteiger partial charge in [0.25, 0.3) is 5.91 Å². The molecule has 1 aromatic heterocycles. The molecular weight excluding hydrogens is 294 g/mol. The van der Waals surface area contributed by atoms with Crippen LogP contribution in [0.25, 0.3) is 0 Å². The first-order chi connectivity index (χ1) is 10.6. The Bertz CT molecular complexity index is 691. The van der Waals surface area contributed by atoms with Crippen molar-refractivity contribution >= 4 is 17.2 Å². The Morgan fingerprint density at radius 1 is 1.36 bits per heavy atom. The third kappa shape index (κ3) is 3.20. The molecule has 116 valence electrons. The van der Waals surface area contributed by atoms with E-state index in [2.05, 4.69) is 37.0 Å². The van der Waals surface area contributed by atoms with E-state index in [9.17, 15) is 4.79 Å². The number of carbonyl (C=O) groups is 1. The highest BCUT2D eigenvalue weighted by atomic mass is 32.1. The summed E-state index contributed by atoms with van der Waals surface area (Å²) in [6, 6.07) is 6.76. The van der Waals surface area contributed by atoms with Gasteiger partial charge in [-0.1, -0.05) is 18.2 Å². The fourth-order valence-corrected chi connectivity index (χ4v) is 3.15. The van der Waals surface area contributed by atoms with E-state index in [1.54, 1.807) is 0 Å². The second-order valence-corrected chi connectivity index (χ2v) is 6.86. The third-order valence-electron chi connectivity index (χ3n) is 4.12. The first kappa shape index (κ1) is 15.2. The predicted octanol–water partition coefficient (Wildman–Crippen LogP) is 3.02. The Labute approximate surface area is 135 Å². The normalized spacial score (nSPS) is 14.1. The van der Waals surface area contributed by atoms with E-state index in [0.29, 0.717) is 24.8 Å². The van der Waals surface area contributed by atoms with Crippen LogP contribution in [0.4, 0.5) is 0 Å². The molecule has 1 aliphatic carbocycles. The topological polar surface area (TPSA) is 59.2 Å². The van der Waals surface area contributed by atoms with E-state index in [-0.39, 0.29) is 5.91 Å². The zero-order valence-corrected chi connectivity index (χ0v) is 13.8. The van der Waals surface area contributed by atoms with Gasteiger partial charge in [-0.15, -0.1) is 11.3 Å². The summed E-state index contributed by atoms with van der Waals surface area (Å²) in [7, 11) is 0. The second-order valence-electron chi connectivity index (χ2n) is 5.91. The highest BCUT2D eigenvalue weighted by molar-refractivity contribution is 7.09. The van der Waals surface area contributed by atoms with Crippen LogP contribution in [-0.4, -0.2) is 21.8 Å². The van der Waals surface area contributed by atoms with Crippen LogP contribution in [0, 0.1) is 13.8 Å². The minimum atomic E-state index is 0.0247. The number of rotatable bonds is 5. The zero-order valence-electron chi connectivity index (χ0n) is 13.0. The molecule has 0 atom stereocenters. The number of carbonyl (C=O) groups excluding carboxylic acids is 1. The van der Waals surface area contributed by atoms with Crippen LogP contribution in [0.1, 0.15) is 45.0 Å². The molecular formula is C17H21N3OS. The number of aryl methyl sites for hydroxylation is 2. The Hall–Kier alpha value is -1.72. The monoisotopic (exact) mass is 315 g/mol. The highest BCUT2D eigenvalue weighted by Crippen LogP contribution is 2.30. The number of amides is 1. The van der Waals surface area contributed by atoms with Gasteiger partial charge in [-0.05, 0) is 43.4 Å². The summed E-state index contributed by atoms with van der Waals surface area (Å²) in [5, 5.41) is 2.63. The van der Waals surface area contributed by atoms with Crippen molar-refractivity contribution in [3.05, 3.63) is 51.0 Å². The summed E-state index contributed by atoms with van der Waals surface area (Å²) in [6.07, 6.45) is 2.18. The summed E-state index contributed by atoms with van der Waals surface area (Å²) in [6.45, 7) is 5.25. The second kappa shape index (κ2) is 6.18. The molecule has 1 aliphatic rings. The molecule has 0 saturated heterocycles. The maximum atomic E-state index is 12.7. The largest absolute Gasteiger partial charge is 0.330 e. The van der Waals surface area contributed by atoms with Gasteiger partial charge in [0.15, 0.2) is 0 Å². The van der Waals surface area contributed by atoms with E-state index < -0.39 is 0 Å². The van der Waals surface area contributed by atoms with Crippen molar-refractivity contribution in [2.45, 2.75) is 45.8 Å². The van der Waals surface area contributed by atoms with Crippen molar-refractivity contribution in [3.8, 4) is 0 Å². The lowest BCUT2D eigenvalue weighted by atomic mass is 10.1. The summed E-state index contributed by atoms with van der Waals surface area (Å²) >= 11 is 1.45. The molecule has 1 saturated carbocycles. The quantitative estimate of drug-likeness (QED) is 0.922. The minimum Gasteiger partial charge on any atom is -0.330 e. The number of nitrogens with two attached hydrogens (primary N) is 1. The fourth-order valence-electron chi connectivity index (χ4n) is 2.50. The number of thiazole rings is 1. The standard InChI is InChI=1S/C17H21N3OS/c1-11-3-4-13(7-12(11)2)9-20(14-5-6-14)17(21)15-10-22-16(8-18)19-15/h3-4,7,10,14H,5-6,8-9,18H2,1-2H3. The molecule has 0 spiro atoms. The molecule has 5 heteroatoms. The summed E-state index contributed by atoms with van der Waals surface area (Å²) < 4.78 is 0. The van der Waals surface area contributed by atoms with Gasteiger partial charge in [-0.2, -0.15) is 0 Å². The average molecular weight is 315 g/mol. The molecule has 2 aromatic rings. The van der Waals surface area contributed by atoms with Gasteiger partial charge in [0.05, 0.1) is 0 Å². The van der Waals surface area contributed by atoms with Crippen molar-refractivity contribution in [2.24, 2.45) is 5.73 Å². The van der Waals surface area contributed by atoms with Crippen LogP contribution in [0.3, 0.4) is 0 Å². The Balaban J connectivity index is 1.80. The number of nitrogens with zero attached hydrogens (tertiary/aromatic N) is 2. The highest BCUT2D eigenvalue weighted by Gasteiger charge is 2.34. The lowest BCUT2D eigenvalue weighted by Gasteiger charge is -2.22. The van der Waals surface area contributed by atoms with E-state index >= 15 is 0 Å². The molecule has 4 nitrogen and oxygen atoms in total. The van der Waals surface area contributed by atoms with Crippen molar-refractivity contribution in [1.29, 1.82) is 0 Å². The van der Waals surface area contributed by atoms with Gasteiger partial charge in [0.1, 0.15) is 10.7 Å². The Morgan fingerprint density at radius 2 is 2.14 bits per heavy atom. The molecule has 22 heavy (non-hydrogen) atoms. The maximum Gasteiger partial charge on any atom is 0.273 e. The molecule has 1 heterocycles. The first-order valence-electron chi connectivity index (χ1n) is 7.60. The van der Waals surface area contributed by atoms with Crippen LogP contribution < -0.4 is 5.73 Å². The molecule has 1 fully saturated rings. The Kier molecular flexibility index (Phi) is 4.27. The number of hydrogen-bond donors (Lipinski definition) is 1. The van der Waals surface area contributed by atoms with Crippen LogP contribution in [0.2, 0.25) is 0 Å². The van der Waals surface area contributed by atoms with Crippen LogP contribution in [0.5, 0.6) is 0 Å². The lowest BCUT2D eigenvalue weighted by Crippen LogP contribution is -2.32. The minimum absolute atomic E-state index is 0.0247. The van der Waals surface area contributed by atoms with Crippen molar-refractivity contribution in [1.82, 2.24) is 9.88 Å². The third-order valence-corrected chi connectivity index (χ3v) is 4.99. The SMILES string of the molecule is Cc1ccc(CN(C(=O)c2csc(CN)n2)C2CC2)cc1C. The molecule has 3 rings (SSSR count). The fraction of sp³-hybridized carbons (Fsp3) is 0.412. The van der Waals surface area contributed by atoms with Gasteiger partial charge in [-0.25, -0.2) is 4.98 Å². The molecule has 0 radical (unpaired) electrons. The van der Waals surface area contributed by atoms with E-state index in [4.69, 9.17) is 5.73 Å². The number of benzene rings is 1. The van der Waals surface area contributed by atoms with Crippen molar-refractivity contribution < 1.29 is 4.79 Å². The molecule has 2 N–H and O–H groups in total. The van der Waals surface area contributed by atoms with Crippen molar-refractivity contribution in [3.63, 3.8) is 0 Å². The summed E-state index contributed by atoms with van der Waals surface area (Å²) in [5.74, 6) is 0.0247. The Morgan fingerprint density at radius 3 is 2.73 bits per heavy atom. The first-order valence-corrected chi connectivity index (χ1v) is 8.48. The maximum absolute atomic E-state index is 12.7. The van der Waals surface area contributed by atoms with Gasteiger partial charge >= 0.3 is 0 Å². The van der Waals surface area contributed by atoms with E-state index in [0.717, 1.165) is 17.8 Å².